The number of aliphatic hydroxyl groups is 2. The van der Waals surface area contributed by atoms with Gasteiger partial charge in [0.05, 0.1) is 25.3 Å². The molecule has 1 aromatic carbocycles. The number of nitrogens with two attached hydrogens (primary N) is 2. The molecule has 0 amide bonds. The lowest BCUT2D eigenvalue weighted by atomic mass is 9.95. The molecule has 1 aromatic rings. The molecule has 1 saturated heterocycles. The van der Waals surface area contributed by atoms with Gasteiger partial charge >= 0.3 is 0 Å². The van der Waals surface area contributed by atoms with Crippen LogP contribution in [0.5, 0.6) is 0 Å². The monoisotopic (exact) mass is 268 g/mol. The third-order valence-corrected chi connectivity index (χ3v) is 3.30. The molecule has 2 rings (SSSR count). The lowest BCUT2D eigenvalue weighted by molar-refractivity contribution is -0.233. The molecule has 6 N–H and O–H groups in total. The minimum Gasteiger partial charge on any atom is -0.394 e. The van der Waals surface area contributed by atoms with Crippen LogP contribution in [0.3, 0.4) is 0 Å². The largest absolute Gasteiger partial charge is 0.394 e. The standard InChI is InChI=1S/C13H20N2O4/c14-10-11(15)13(17)19-9(6-16)12(10)18-7-8-4-2-1-3-5-8/h1-5,9-13,16-17H,6-7,14-15H2/t9-,10+,11-,12-,13-/m1/s1. The molecule has 106 valence electrons. The average molecular weight is 268 g/mol. The Kier molecular flexibility index (Phi) is 4.87. The molecule has 6 heteroatoms. The van der Waals surface area contributed by atoms with Gasteiger partial charge in [0.25, 0.3) is 0 Å². The predicted molar refractivity (Wildman–Crippen MR) is 68.9 cm³/mol. The lowest BCUT2D eigenvalue weighted by Crippen LogP contribution is -2.65. The van der Waals surface area contributed by atoms with Crippen LogP contribution in [0.15, 0.2) is 30.3 Å². The molecule has 0 radical (unpaired) electrons. The second-order valence-electron chi connectivity index (χ2n) is 4.66. The van der Waals surface area contributed by atoms with E-state index in [2.05, 4.69) is 0 Å². The zero-order chi connectivity index (χ0) is 13.8. The Balaban J connectivity index is 2.00. The maximum atomic E-state index is 9.56. The highest BCUT2D eigenvalue weighted by Gasteiger charge is 2.42. The van der Waals surface area contributed by atoms with Gasteiger partial charge in [-0.05, 0) is 5.56 Å². The van der Waals surface area contributed by atoms with Crippen LogP contribution in [0, 0.1) is 0 Å². The number of hydrogen-bond donors (Lipinski definition) is 4. The van der Waals surface area contributed by atoms with Crippen molar-refractivity contribution < 1.29 is 19.7 Å². The normalized spacial score (nSPS) is 35.3. The summed E-state index contributed by atoms with van der Waals surface area (Å²) >= 11 is 0. The number of ether oxygens (including phenoxy) is 2. The Morgan fingerprint density at radius 2 is 1.84 bits per heavy atom. The van der Waals surface area contributed by atoms with Crippen molar-refractivity contribution in [1.82, 2.24) is 0 Å². The number of benzene rings is 1. The van der Waals surface area contributed by atoms with Crippen LogP contribution in [0.25, 0.3) is 0 Å². The summed E-state index contributed by atoms with van der Waals surface area (Å²) in [6.45, 7) is 0.0683. The van der Waals surface area contributed by atoms with Crippen molar-refractivity contribution in [2.75, 3.05) is 6.61 Å². The molecule has 6 nitrogen and oxygen atoms in total. The van der Waals surface area contributed by atoms with Gasteiger partial charge in [-0.1, -0.05) is 30.3 Å². The molecular weight excluding hydrogens is 248 g/mol. The Bertz CT molecular complexity index is 387. The van der Waals surface area contributed by atoms with Crippen molar-refractivity contribution in [2.45, 2.75) is 37.2 Å². The minimum atomic E-state index is -1.18. The maximum absolute atomic E-state index is 9.56. The first-order valence-electron chi connectivity index (χ1n) is 6.24. The number of aliphatic hydroxyl groups excluding tert-OH is 2. The summed E-state index contributed by atoms with van der Waals surface area (Å²) < 4.78 is 10.9. The number of rotatable bonds is 4. The van der Waals surface area contributed by atoms with E-state index in [1.165, 1.54) is 0 Å². The second kappa shape index (κ2) is 6.42. The fourth-order valence-corrected chi connectivity index (χ4v) is 2.14. The van der Waals surface area contributed by atoms with E-state index in [0.717, 1.165) is 5.56 Å². The van der Waals surface area contributed by atoms with E-state index in [4.69, 9.17) is 20.9 Å². The molecule has 0 spiro atoms. The van der Waals surface area contributed by atoms with Crippen molar-refractivity contribution >= 4 is 0 Å². The Hall–Kier alpha value is -1.02. The first-order valence-corrected chi connectivity index (χ1v) is 6.24. The van der Waals surface area contributed by atoms with E-state index in [1.54, 1.807) is 0 Å². The van der Waals surface area contributed by atoms with Gasteiger partial charge in [-0.2, -0.15) is 0 Å². The second-order valence-corrected chi connectivity index (χ2v) is 4.66. The van der Waals surface area contributed by atoms with E-state index >= 15 is 0 Å². The van der Waals surface area contributed by atoms with Crippen LogP contribution in [-0.4, -0.2) is 47.4 Å². The molecule has 1 aliphatic rings. The van der Waals surface area contributed by atoms with Gasteiger partial charge in [0.15, 0.2) is 6.29 Å². The molecule has 5 atom stereocenters. The summed E-state index contributed by atoms with van der Waals surface area (Å²) in [6, 6.07) is 8.27. The molecule has 0 bridgehead atoms. The van der Waals surface area contributed by atoms with E-state index in [-0.39, 0.29) is 6.61 Å². The summed E-state index contributed by atoms with van der Waals surface area (Å²) in [4.78, 5) is 0. The Morgan fingerprint density at radius 3 is 2.47 bits per heavy atom. The van der Waals surface area contributed by atoms with Gasteiger partial charge in [0.2, 0.25) is 0 Å². The molecule has 19 heavy (non-hydrogen) atoms. The van der Waals surface area contributed by atoms with Crippen LogP contribution in [-0.2, 0) is 16.1 Å². The average Bonchev–Trinajstić information content (AvgIpc) is 2.44. The fourth-order valence-electron chi connectivity index (χ4n) is 2.14. The van der Waals surface area contributed by atoms with Crippen molar-refractivity contribution in [3.8, 4) is 0 Å². The van der Waals surface area contributed by atoms with Gasteiger partial charge in [-0.3, -0.25) is 0 Å². The molecule has 0 aliphatic carbocycles. The van der Waals surface area contributed by atoms with Crippen LogP contribution < -0.4 is 11.5 Å². The highest BCUT2D eigenvalue weighted by Crippen LogP contribution is 2.21. The van der Waals surface area contributed by atoms with Gasteiger partial charge < -0.3 is 31.2 Å². The van der Waals surface area contributed by atoms with Crippen LogP contribution in [0.1, 0.15) is 5.56 Å². The predicted octanol–water partition coefficient (Wildman–Crippen LogP) is -1.06. The lowest BCUT2D eigenvalue weighted by Gasteiger charge is -2.41. The highest BCUT2D eigenvalue weighted by atomic mass is 16.6. The maximum Gasteiger partial charge on any atom is 0.171 e. The van der Waals surface area contributed by atoms with Gasteiger partial charge in [-0.15, -0.1) is 0 Å². The third-order valence-electron chi connectivity index (χ3n) is 3.30. The van der Waals surface area contributed by atoms with E-state index in [9.17, 15) is 10.2 Å². The van der Waals surface area contributed by atoms with Crippen LogP contribution in [0.4, 0.5) is 0 Å². The minimum absolute atomic E-state index is 0.281. The molecule has 0 saturated carbocycles. The van der Waals surface area contributed by atoms with Crippen molar-refractivity contribution in [1.29, 1.82) is 0 Å². The first-order chi connectivity index (χ1) is 9.13. The SMILES string of the molecule is N[C@@H]1[C@H](N)[C@H](OCc2ccccc2)[C@@H](CO)O[C@H]1O. The zero-order valence-corrected chi connectivity index (χ0v) is 10.6. The molecule has 0 unspecified atom stereocenters. The molecule has 0 aromatic heterocycles. The molecule has 1 heterocycles. The fraction of sp³-hybridized carbons (Fsp3) is 0.538. The van der Waals surface area contributed by atoms with E-state index in [1.807, 2.05) is 30.3 Å². The smallest absolute Gasteiger partial charge is 0.171 e. The molecule has 1 aliphatic heterocycles. The van der Waals surface area contributed by atoms with Crippen LogP contribution in [0.2, 0.25) is 0 Å². The highest BCUT2D eigenvalue weighted by molar-refractivity contribution is 5.13. The Morgan fingerprint density at radius 1 is 1.16 bits per heavy atom. The Labute approximate surface area is 111 Å². The topological polar surface area (TPSA) is 111 Å². The third kappa shape index (κ3) is 3.30. The van der Waals surface area contributed by atoms with Crippen molar-refractivity contribution in [2.24, 2.45) is 11.5 Å². The summed E-state index contributed by atoms with van der Waals surface area (Å²) in [7, 11) is 0. The van der Waals surface area contributed by atoms with Gasteiger partial charge in [0.1, 0.15) is 12.2 Å². The van der Waals surface area contributed by atoms with E-state index in [0.29, 0.717) is 6.61 Å². The van der Waals surface area contributed by atoms with Crippen LogP contribution >= 0.6 is 0 Å². The molecular formula is C13H20N2O4. The zero-order valence-electron chi connectivity index (χ0n) is 10.6. The van der Waals surface area contributed by atoms with Crippen molar-refractivity contribution in [3.05, 3.63) is 35.9 Å². The van der Waals surface area contributed by atoms with E-state index < -0.39 is 30.6 Å². The summed E-state index contributed by atoms with van der Waals surface area (Å²) in [5.74, 6) is 0. The summed E-state index contributed by atoms with van der Waals surface area (Å²) in [6.07, 6.45) is -2.40. The first kappa shape index (κ1) is 14.4. The van der Waals surface area contributed by atoms with Gasteiger partial charge in [0, 0.05) is 0 Å². The summed E-state index contributed by atoms with van der Waals surface area (Å²) in [5, 5.41) is 18.8. The molecule has 1 fully saturated rings. The summed E-state index contributed by atoms with van der Waals surface area (Å²) in [5.41, 5.74) is 12.7. The van der Waals surface area contributed by atoms with Crippen molar-refractivity contribution in [3.63, 3.8) is 0 Å². The number of hydrogen-bond acceptors (Lipinski definition) is 6. The quantitative estimate of drug-likeness (QED) is 0.554. The van der Waals surface area contributed by atoms with Gasteiger partial charge in [-0.25, -0.2) is 0 Å².